The molecule has 0 radical (unpaired) electrons. The molecule has 0 saturated carbocycles. The predicted molar refractivity (Wildman–Crippen MR) is 32.5 cm³/mol. The van der Waals surface area contributed by atoms with Crippen LogP contribution in [0.4, 0.5) is 0 Å². The normalized spacial score (nSPS) is 13.6. The Labute approximate surface area is 48.7 Å². The van der Waals surface area contributed by atoms with Gasteiger partial charge in [0.2, 0.25) is 5.12 Å². The highest BCUT2D eigenvalue weighted by atomic mass is 32.1. The average molecular weight is 119 g/mol. The van der Waals surface area contributed by atoms with Gasteiger partial charge >= 0.3 is 0 Å². The summed E-state index contributed by atoms with van der Waals surface area (Å²) in [5.74, 6) is 0. The molecule has 0 spiro atoms. The number of carbonyl (C=O) groups excluding carboxylic acids is 1. The third-order valence-electron chi connectivity index (χ3n) is 0.803. The Kier molecular flexibility index (Phi) is 3.04. The topological polar surface area (TPSA) is 29.1 Å². The second-order valence-electron chi connectivity index (χ2n) is 1.35. The van der Waals surface area contributed by atoms with E-state index in [0.29, 0.717) is 0 Å². The number of hydrogen-bond acceptors (Lipinski definition) is 2. The van der Waals surface area contributed by atoms with Crippen molar-refractivity contribution in [3.63, 3.8) is 0 Å². The average Bonchev–Trinajstić information content (AvgIpc) is 1.65. The molecule has 0 aliphatic heterocycles. The summed E-state index contributed by atoms with van der Waals surface area (Å²) in [5.41, 5.74) is 0. The van der Waals surface area contributed by atoms with Crippen LogP contribution in [0.25, 0.3) is 0 Å². The third-order valence-corrected chi connectivity index (χ3v) is 1.19. The van der Waals surface area contributed by atoms with Gasteiger partial charge in [-0.3, -0.25) is 4.79 Å². The molecule has 0 rings (SSSR count). The molecule has 0 amide bonds. The molecule has 0 unspecified atom stereocenters. The Morgan fingerprint density at radius 3 is 2.29 bits per heavy atom. The minimum atomic E-state index is -0.123. The summed E-state index contributed by atoms with van der Waals surface area (Å²) in [6.45, 7) is 1.76. The second-order valence-corrected chi connectivity index (χ2v) is 1.79. The number of carbonyl (C=O) groups is 1. The second kappa shape index (κ2) is 3.04. The smallest absolute Gasteiger partial charge is 0.202 e. The molecule has 0 aromatic rings. The van der Waals surface area contributed by atoms with Gasteiger partial charge < -0.3 is 5.32 Å². The molecule has 0 aromatic carbocycles. The molecule has 0 saturated heterocycles. The summed E-state index contributed by atoms with van der Waals surface area (Å²) in [6, 6.07) is -0.122. The van der Waals surface area contributed by atoms with E-state index in [-0.39, 0.29) is 11.2 Å². The maximum atomic E-state index is 10.2. The monoisotopic (exact) mass is 119 g/mol. The molecule has 0 bridgehead atoms. The van der Waals surface area contributed by atoms with Crippen molar-refractivity contribution in [2.24, 2.45) is 0 Å². The lowest BCUT2D eigenvalue weighted by molar-refractivity contribution is -0.112. The highest BCUT2D eigenvalue weighted by molar-refractivity contribution is 7.96. The first-order valence-corrected chi connectivity index (χ1v) is 2.53. The van der Waals surface area contributed by atoms with Crippen LogP contribution in [0.15, 0.2) is 0 Å². The first-order chi connectivity index (χ1) is 3.18. The van der Waals surface area contributed by atoms with Gasteiger partial charge in [-0.2, -0.15) is 0 Å². The highest BCUT2D eigenvalue weighted by Crippen LogP contribution is 1.84. The van der Waals surface area contributed by atoms with Gasteiger partial charge in [0.1, 0.15) is 0 Å². The molecule has 0 aromatic heterocycles. The quantitative estimate of drug-likeness (QED) is 0.503. The number of likely N-dealkylation sites (N-methyl/N-ethyl adjacent to an activating group) is 1. The van der Waals surface area contributed by atoms with Gasteiger partial charge in [0.15, 0.2) is 0 Å². The zero-order valence-electron chi connectivity index (χ0n) is 4.43. The molecule has 2 nitrogen and oxygen atoms in total. The molecule has 0 aliphatic rings. The lowest BCUT2D eigenvalue weighted by atomic mass is 10.4. The minimum absolute atomic E-state index is 0.122. The van der Waals surface area contributed by atoms with Gasteiger partial charge in [-0.15, -0.1) is 12.6 Å². The summed E-state index contributed by atoms with van der Waals surface area (Å²) < 4.78 is 0. The van der Waals surface area contributed by atoms with E-state index in [1.807, 2.05) is 0 Å². The first-order valence-electron chi connectivity index (χ1n) is 2.08. The summed E-state index contributed by atoms with van der Waals surface area (Å²) >= 11 is 3.57. The van der Waals surface area contributed by atoms with E-state index >= 15 is 0 Å². The molecule has 1 N–H and O–H groups in total. The molecule has 42 valence electrons. The summed E-state index contributed by atoms with van der Waals surface area (Å²) in [6.07, 6.45) is 0. The van der Waals surface area contributed by atoms with Crippen LogP contribution in [-0.4, -0.2) is 18.2 Å². The molecule has 7 heavy (non-hydrogen) atoms. The van der Waals surface area contributed by atoms with Gasteiger partial charge in [-0.25, -0.2) is 0 Å². The van der Waals surface area contributed by atoms with Crippen LogP contribution in [-0.2, 0) is 4.79 Å². The molecule has 3 heteroatoms. The molecule has 0 aliphatic carbocycles. The summed E-state index contributed by atoms with van der Waals surface area (Å²) in [7, 11) is 1.72. The van der Waals surface area contributed by atoms with E-state index in [2.05, 4.69) is 17.9 Å². The van der Waals surface area contributed by atoms with Gasteiger partial charge in [0.05, 0.1) is 6.04 Å². The van der Waals surface area contributed by atoms with Gasteiger partial charge in [0, 0.05) is 0 Å². The van der Waals surface area contributed by atoms with Crippen molar-refractivity contribution in [1.82, 2.24) is 5.32 Å². The van der Waals surface area contributed by atoms with Crippen LogP contribution in [0, 0.1) is 0 Å². The van der Waals surface area contributed by atoms with E-state index in [1.54, 1.807) is 14.0 Å². The lowest BCUT2D eigenvalue weighted by Crippen LogP contribution is -2.26. The minimum Gasteiger partial charge on any atom is -0.310 e. The molecule has 0 fully saturated rings. The highest BCUT2D eigenvalue weighted by Gasteiger charge is 2.01. The molecular formula is C4H9NOS. The Morgan fingerprint density at radius 2 is 2.29 bits per heavy atom. The number of nitrogens with one attached hydrogen (secondary N) is 1. The van der Waals surface area contributed by atoms with Crippen LogP contribution in [0.2, 0.25) is 0 Å². The predicted octanol–water partition coefficient (Wildman–Crippen LogP) is 0.0507. The lowest BCUT2D eigenvalue weighted by Gasteiger charge is -2.00. The SMILES string of the molecule is CN[C@H](C)C(=O)S. The van der Waals surface area contributed by atoms with Crippen molar-refractivity contribution in [1.29, 1.82) is 0 Å². The van der Waals surface area contributed by atoms with Crippen molar-refractivity contribution >= 4 is 17.7 Å². The summed E-state index contributed by atoms with van der Waals surface area (Å²) in [4.78, 5) is 10.2. The number of hydrogen-bond donors (Lipinski definition) is 2. The number of thiol groups is 1. The Balaban J connectivity index is 3.34. The van der Waals surface area contributed by atoms with Crippen LogP contribution in [0.5, 0.6) is 0 Å². The molecular weight excluding hydrogens is 110 g/mol. The fourth-order valence-electron chi connectivity index (χ4n) is 0.123. The fraction of sp³-hybridized carbons (Fsp3) is 0.750. The molecule has 0 heterocycles. The van der Waals surface area contributed by atoms with Crippen molar-refractivity contribution < 1.29 is 4.79 Å². The van der Waals surface area contributed by atoms with E-state index in [1.165, 1.54) is 0 Å². The zero-order valence-corrected chi connectivity index (χ0v) is 5.33. The van der Waals surface area contributed by atoms with Gasteiger partial charge in [-0.05, 0) is 14.0 Å². The van der Waals surface area contributed by atoms with Crippen LogP contribution < -0.4 is 5.32 Å². The largest absolute Gasteiger partial charge is 0.310 e. The third kappa shape index (κ3) is 2.65. The first kappa shape index (κ1) is 6.98. The van der Waals surface area contributed by atoms with Crippen molar-refractivity contribution in [2.45, 2.75) is 13.0 Å². The fourth-order valence-corrected chi connectivity index (χ4v) is 0.253. The van der Waals surface area contributed by atoms with Crippen molar-refractivity contribution in [3.05, 3.63) is 0 Å². The summed E-state index contributed by atoms with van der Waals surface area (Å²) in [5, 5.41) is 2.62. The van der Waals surface area contributed by atoms with Crippen LogP contribution in [0.3, 0.4) is 0 Å². The Morgan fingerprint density at radius 1 is 1.86 bits per heavy atom. The van der Waals surface area contributed by atoms with E-state index in [9.17, 15) is 4.79 Å². The maximum Gasteiger partial charge on any atom is 0.202 e. The Hall–Kier alpha value is -0.0200. The van der Waals surface area contributed by atoms with Crippen molar-refractivity contribution in [3.8, 4) is 0 Å². The maximum absolute atomic E-state index is 10.2. The van der Waals surface area contributed by atoms with Gasteiger partial charge in [0.25, 0.3) is 0 Å². The van der Waals surface area contributed by atoms with Crippen LogP contribution in [0.1, 0.15) is 6.92 Å². The van der Waals surface area contributed by atoms with Gasteiger partial charge in [-0.1, -0.05) is 0 Å². The van der Waals surface area contributed by atoms with E-state index < -0.39 is 0 Å². The standard InChI is InChI=1S/C4H9NOS/c1-3(5-2)4(6)7/h3,5H,1-2H3,(H,6,7)/t3-/m1/s1. The molecule has 1 atom stereocenters. The van der Waals surface area contributed by atoms with Crippen molar-refractivity contribution in [2.75, 3.05) is 7.05 Å². The zero-order chi connectivity index (χ0) is 5.86. The van der Waals surface area contributed by atoms with E-state index in [4.69, 9.17) is 0 Å². The Bertz CT molecular complexity index is 74.1. The van der Waals surface area contributed by atoms with Crippen LogP contribution >= 0.6 is 12.6 Å². The van der Waals surface area contributed by atoms with E-state index in [0.717, 1.165) is 0 Å². The number of rotatable bonds is 2.